The fraction of sp³-hybridized carbons (Fsp3) is 0.316. The van der Waals surface area contributed by atoms with Crippen molar-refractivity contribution in [1.82, 2.24) is 4.90 Å². The third-order valence-electron chi connectivity index (χ3n) is 3.95. The maximum absolute atomic E-state index is 13.2. The molecule has 0 saturated carbocycles. The molecule has 1 aliphatic heterocycles. The second kappa shape index (κ2) is 7.93. The summed E-state index contributed by atoms with van der Waals surface area (Å²) in [5.74, 6) is 0.429. The van der Waals surface area contributed by atoms with E-state index in [1.165, 1.54) is 12.1 Å². The van der Waals surface area contributed by atoms with Crippen LogP contribution in [0.1, 0.15) is 17.5 Å². The van der Waals surface area contributed by atoms with Crippen LogP contribution in [0.15, 0.2) is 53.7 Å². The molecule has 1 unspecified atom stereocenters. The van der Waals surface area contributed by atoms with Crippen molar-refractivity contribution in [3.63, 3.8) is 0 Å². The molecule has 3 rings (SSSR count). The van der Waals surface area contributed by atoms with Gasteiger partial charge in [0.05, 0.1) is 6.21 Å². The fourth-order valence-electron chi connectivity index (χ4n) is 2.66. The highest BCUT2D eigenvalue weighted by Gasteiger charge is 2.20. The first-order chi connectivity index (χ1) is 11.7. The van der Waals surface area contributed by atoms with Crippen LogP contribution in [0.5, 0.6) is 5.75 Å². The van der Waals surface area contributed by atoms with Crippen molar-refractivity contribution < 1.29 is 14.0 Å². The van der Waals surface area contributed by atoms with E-state index in [1.54, 1.807) is 12.3 Å². The van der Waals surface area contributed by atoms with Crippen molar-refractivity contribution >= 4 is 6.21 Å². The molecule has 0 bridgehead atoms. The van der Waals surface area contributed by atoms with Crippen molar-refractivity contribution in [2.75, 3.05) is 20.1 Å². The molecule has 0 radical (unpaired) electrons. The van der Waals surface area contributed by atoms with Gasteiger partial charge >= 0.3 is 0 Å². The molecule has 24 heavy (non-hydrogen) atoms. The third-order valence-corrected chi connectivity index (χ3v) is 3.95. The Morgan fingerprint density at radius 1 is 1.25 bits per heavy atom. The molecule has 0 aliphatic carbocycles. The number of likely N-dealkylation sites (tertiary alicyclic amines) is 1. The van der Waals surface area contributed by atoms with E-state index < -0.39 is 0 Å². The first-order valence-corrected chi connectivity index (χ1v) is 8.05. The molecule has 0 N–H and O–H groups in total. The highest BCUT2D eigenvalue weighted by atomic mass is 19.1. The van der Waals surface area contributed by atoms with E-state index in [0.29, 0.717) is 12.4 Å². The van der Waals surface area contributed by atoms with E-state index in [1.807, 2.05) is 30.3 Å². The van der Waals surface area contributed by atoms with Gasteiger partial charge in [0.2, 0.25) is 0 Å². The Hall–Kier alpha value is -2.40. The van der Waals surface area contributed by atoms with Gasteiger partial charge in [0.1, 0.15) is 24.3 Å². The molecule has 1 heterocycles. The number of rotatable bonds is 6. The van der Waals surface area contributed by atoms with Crippen molar-refractivity contribution in [3.8, 4) is 5.75 Å². The maximum atomic E-state index is 13.2. The maximum Gasteiger partial charge on any atom is 0.141 e. The van der Waals surface area contributed by atoms with Crippen LogP contribution in [0, 0.1) is 5.82 Å². The number of hydrogen-bond donors (Lipinski definition) is 0. The van der Waals surface area contributed by atoms with Crippen LogP contribution in [0.25, 0.3) is 0 Å². The number of para-hydroxylation sites is 1. The molecule has 5 heteroatoms. The van der Waals surface area contributed by atoms with Crippen LogP contribution in [0.2, 0.25) is 0 Å². The van der Waals surface area contributed by atoms with Gasteiger partial charge in [-0.3, -0.25) is 0 Å². The van der Waals surface area contributed by atoms with E-state index in [9.17, 15) is 4.39 Å². The molecule has 0 amide bonds. The van der Waals surface area contributed by atoms with E-state index in [4.69, 9.17) is 9.57 Å². The summed E-state index contributed by atoms with van der Waals surface area (Å²) in [6, 6.07) is 14.0. The van der Waals surface area contributed by atoms with Gasteiger partial charge in [-0.15, -0.1) is 0 Å². The van der Waals surface area contributed by atoms with E-state index in [-0.39, 0.29) is 11.9 Å². The average Bonchev–Trinajstić information content (AvgIpc) is 2.99. The summed E-state index contributed by atoms with van der Waals surface area (Å²) in [6.07, 6.45) is 2.80. The molecule has 1 fully saturated rings. The molecule has 0 aromatic heterocycles. The Morgan fingerprint density at radius 2 is 2.12 bits per heavy atom. The second-order valence-electron chi connectivity index (χ2n) is 5.97. The summed E-state index contributed by atoms with van der Waals surface area (Å²) >= 11 is 0. The normalized spacial score (nSPS) is 18.2. The van der Waals surface area contributed by atoms with Crippen LogP contribution in [0.4, 0.5) is 4.39 Å². The zero-order valence-electron chi connectivity index (χ0n) is 13.7. The van der Waals surface area contributed by atoms with Crippen LogP contribution in [-0.2, 0) is 11.4 Å². The quantitative estimate of drug-likeness (QED) is 0.601. The summed E-state index contributed by atoms with van der Waals surface area (Å²) in [7, 11) is 2.07. The van der Waals surface area contributed by atoms with Gasteiger partial charge in [-0.05, 0) is 36.9 Å². The third kappa shape index (κ3) is 4.55. The molecule has 1 atom stereocenters. The molecule has 2 aromatic rings. The lowest BCUT2D eigenvalue weighted by Gasteiger charge is -2.10. The SMILES string of the molecule is CN1CCC(O/N=C/c2ccccc2OCc2cccc(F)c2)C1. The van der Waals surface area contributed by atoms with Crippen LogP contribution >= 0.6 is 0 Å². The zero-order valence-corrected chi connectivity index (χ0v) is 13.7. The summed E-state index contributed by atoms with van der Waals surface area (Å²) in [5, 5.41) is 4.10. The minimum absolute atomic E-state index is 0.145. The number of oxime groups is 1. The van der Waals surface area contributed by atoms with Gasteiger partial charge < -0.3 is 14.5 Å². The van der Waals surface area contributed by atoms with Crippen molar-refractivity contribution in [1.29, 1.82) is 0 Å². The topological polar surface area (TPSA) is 34.1 Å². The van der Waals surface area contributed by atoms with E-state index >= 15 is 0 Å². The number of halogens is 1. The predicted octanol–water partition coefficient (Wildman–Crippen LogP) is 3.46. The smallest absolute Gasteiger partial charge is 0.141 e. The predicted molar refractivity (Wildman–Crippen MR) is 91.8 cm³/mol. The first kappa shape index (κ1) is 16.5. The fourth-order valence-corrected chi connectivity index (χ4v) is 2.66. The first-order valence-electron chi connectivity index (χ1n) is 8.05. The van der Waals surface area contributed by atoms with Gasteiger partial charge in [-0.1, -0.05) is 29.4 Å². The lowest BCUT2D eigenvalue weighted by molar-refractivity contribution is 0.0682. The van der Waals surface area contributed by atoms with Gasteiger partial charge in [0.15, 0.2) is 0 Å². The lowest BCUT2D eigenvalue weighted by atomic mass is 10.2. The molecule has 4 nitrogen and oxygen atoms in total. The summed E-state index contributed by atoms with van der Waals surface area (Å²) in [5.41, 5.74) is 1.62. The standard InChI is InChI=1S/C19H21FN2O2/c1-22-10-9-18(13-22)24-21-12-16-6-2-3-8-19(16)23-14-15-5-4-7-17(20)11-15/h2-8,11-12,18H,9-10,13-14H2,1H3/b21-12+. The van der Waals surface area contributed by atoms with Crippen LogP contribution < -0.4 is 4.74 Å². The molecule has 2 aromatic carbocycles. The monoisotopic (exact) mass is 328 g/mol. The van der Waals surface area contributed by atoms with Crippen LogP contribution in [0.3, 0.4) is 0 Å². The molecular weight excluding hydrogens is 307 g/mol. The van der Waals surface area contributed by atoms with Crippen LogP contribution in [-0.4, -0.2) is 37.4 Å². The Bertz CT molecular complexity index is 705. The molecule has 1 saturated heterocycles. The minimum atomic E-state index is -0.263. The summed E-state index contributed by atoms with van der Waals surface area (Å²) in [4.78, 5) is 7.75. The molecule has 0 spiro atoms. The van der Waals surface area contributed by atoms with Gasteiger partial charge in [0.25, 0.3) is 0 Å². The highest BCUT2D eigenvalue weighted by Crippen LogP contribution is 2.18. The van der Waals surface area contributed by atoms with Crippen molar-refractivity contribution in [2.45, 2.75) is 19.1 Å². The Balaban J connectivity index is 1.60. The number of likely N-dealkylation sites (N-methyl/N-ethyl adjacent to an activating group) is 1. The number of ether oxygens (including phenoxy) is 1. The molecule has 126 valence electrons. The molecule has 1 aliphatic rings. The Kier molecular flexibility index (Phi) is 5.43. The number of nitrogens with zero attached hydrogens (tertiary/aromatic N) is 2. The lowest BCUT2D eigenvalue weighted by Crippen LogP contribution is -2.17. The average molecular weight is 328 g/mol. The highest BCUT2D eigenvalue weighted by molar-refractivity contribution is 5.83. The number of hydrogen-bond acceptors (Lipinski definition) is 4. The Labute approximate surface area is 141 Å². The number of benzene rings is 2. The van der Waals surface area contributed by atoms with Gasteiger partial charge in [0, 0.05) is 25.1 Å². The van der Waals surface area contributed by atoms with Gasteiger partial charge in [-0.2, -0.15) is 0 Å². The summed E-state index contributed by atoms with van der Waals surface area (Å²) < 4.78 is 19.0. The summed E-state index contributed by atoms with van der Waals surface area (Å²) in [6.45, 7) is 2.24. The van der Waals surface area contributed by atoms with E-state index in [0.717, 1.165) is 30.6 Å². The van der Waals surface area contributed by atoms with E-state index in [2.05, 4.69) is 17.1 Å². The largest absolute Gasteiger partial charge is 0.488 e. The second-order valence-corrected chi connectivity index (χ2v) is 5.97. The Morgan fingerprint density at radius 3 is 2.92 bits per heavy atom. The van der Waals surface area contributed by atoms with Crippen molar-refractivity contribution in [3.05, 3.63) is 65.5 Å². The minimum Gasteiger partial charge on any atom is -0.488 e. The zero-order chi connectivity index (χ0) is 16.8. The van der Waals surface area contributed by atoms with Crippen molar-refractivity contribution in [2.24, 2.45) is 5.16 Å². The molecular formula is C19H21FN2O2. The van der Waals surface area contributed by atoms with Gasteiger partial charge in [-0.25, -0.2) is 4.39 Å².